The molecule has 140 valence electrons. The van der Waals surface area contributed by atoms with E-state index in [1.807, 2.05) is 26.0 Å². The highest BCUT2D eigenvalue weighted by Crippen LogP contribution is 2.33. The normalized spacial score (nSPS) is 11.0. The van der Waals surface area contributed by atoms with E-state index in [-0.39, 0.29) is 5.91 Å². The van der Waals surface area contributed by atoms with E-state index < -0.39 is 0 Å². The summed E-state index contributed by atoms with van der Waals surface area (Å²) in [5.74, 6) is 0.172. The van der Waals surface area contributed by atoms with Crippen molar-refractivity contribution in [2.75, 3.05) is 5.32 Å². The first-order valence-electron chi connectivity index (χ1n) is 8.65. The van der Waals surface area contributed by atoms with Crippen LogP contribution in [0.25, 0.3) is 22.6 Å². The summed E-state index contributed by atoms with van der Waals surface area (Å²) in [5.41, 5.74) is 5.34. The fraction of sp³-hybridized carbons (Fsp3) is 0.0909. The summed E-state index contributed by atoms with van der Waals surface area (Å²) in [7, 11) is 0. The molecule has 0 fully saturated rings. The third-order valence-corrected chi connectivity index (χ3v) is 4.96. The summed E-state index contributed by atoms with van der Waals surface area (Å²) in [4.78, 5) is 17.0. The van der Waals surface area contributed by atoms with Gasteiger partial charge in [0.1, 0.15) is 5.52 Å². The van der Waals surface area contributed by atoms with E-state index in [1.165, 1.54) is 0 Å². The van der Waals surface area contributed by atoms with Crippen LogP contribution in [-0.2, 0) is 0 Å². The standard InChI is InChI=1S/C22H16Cl2N2O2/c1-12-9-13(2)20-19(10-12)26-22(28-20)17-11-16(7-8-18(17)24)25-21(27)14-3-5-15(23)6-4-14/h3-11H,1-2H3,(H,25,27). The number of nitrogens with zero attached hydrogens (tertiary/aromatic N) is 1. The molecule has 1 aromatic heterocycles. The lowest BCUT2D eigenvalue weighted by Gasteiger charge is -2.08. The minimum Gasteiger partial charge on any atom is -0.436 e. The maximum Gasteiger partial charge on any atom is 0.255 e. The van der Waals surface area contributed by atoms with Crippen molar-refractivity contribution in [3.05, 3.63) is 81.3 Å². The van der Waals surface area contributed by atoms with Gasteiger partial charge in [-0.15, -0.1) is 0 Å². The van der Waals surface area contributed by atoms with Gasteiger partial charge in [0.15, 0.2) is 5.58 Å². The molecule has 0 unspecified atom stereocenters. The molecule has 0 spiro atoms. The monoisotopic (exact) mass is 410 g/mol. The number of anilines is 1. The van der Waals surface area contributed by atoms with Gasteiger partial charge in [-0.3, -0.25) is 4.79 Å². The highest BCUT2D eigenvalue weighted by Gasteiger charge is 2.15. The van der Waals surface area contributed by atoms with Crippen LogP contribution < -0.4 is 5.32 Å². The maximum absolute atomic E-state index is 12.5. The fourth-order valence-electron chi connectivity index (χ4n) is 3.06. The zero-order chi connectivity index (χ0) is 19.8. The zero-order valence-corrected chi connectivity index (χ0v) is 16.7. The average molecular weight is 411 g/mol. The Kier molecular flexibility index (Phi) is 4.84. The second kappa shape index (κ2) is 7.30. The average Bonchev–Trinajstić information content (AvgIpc) is 3.08. The van der Waals surface area contributed by atoms with Crippen LogP contribution in [0.2, 0.25) is 10.0 Å². The van der Waals surface area contributed by atoms with Crippen molar-refractivity contribution in [3.8, 4) is 11.5 Å². The van der Waals surface area contributed by atoms with E-state index in [1.54, 1.807) is 42.5 Å². The molecule has 0 radical (unpaired) electrons. The van der Waals surface area contributed by atoms with Crippen LogP contribution in [0.4, 0.5) is 5.69 Å². The molecule has 0 bridgehead atoms. The Labute approximate surface area is 172 Å². The topological polar surface area (TPSA) is 55.1 Å². The van der Waals surface area contributed by atoms with Crippen LogP contribution in [0, 0.1) is 13.8 Å². The first kappa shape index (κ1) is 18.5. The summed E-state index contributed by atoms with van der Waals surface area (Å²) in [6.07, 6.45) is 0. The van der Waals surface area contributed by atoms with Gasteiger partial charge in [0.2, 0.25) is 5.89 Å². The summed E-state index contributed by atoms with van der Waals surface area (Å²) in [6, 6.07) is 15.9. The lowest BCUT2D eigenvalue weighted by Crippen LogP contribution is -2.11. The van der Waals surface area contributed by atoms with Gasteiger partial charge in [0.25, 0.3) is 5.91 Å². The Hall–Kier alpha value is -2.82. The van der Waals surface area contributed by atoms with Crippen molar-refractivity contribution in [3.63, 3.8) is 0 Å². The minimum atomic E-state index is -0.242. The van der Waals surface area contributed by atoms with Crippen LogP contribution >= 0.6 is 23.2 Å². The van der Waals surface area contributed by atoms with Gasteiger partial charge in [0.05, 0.1) is 10.6 Å². The number of halogens is 2. The molecule has 0 saturated heterocycles. The largest absolute Gasteiger partial charge is 0.436 e. The second-order valence-electron chi connectivity index (χ2n) is 6.60. The Morgan fingerprint density at radius 2 is 1.75 bits per heavy atom. The van der Waals surface area contributed by atoms with Crippen molar-refractivity contribution in [2.24, 2.45) is 0 Å². The number of hydrogen-bond donors (Lipinski definition) is 1. The Balaban J connectivity index is 1.68. The van der Waals surface area contributed by atoms with Gasteiger partial charge < -0.3 is 9.73 Å². The Morgan fingerprint density at radius 3 is 2.50 bits per heavy atom. The molecule has 1 amide bonds. The zero-order valence-electron chi connectivity index (χ0n) is 15.2. The van der Waals surface area contributed by atoms with Crippen molar-refractivity contribution in [2.45, 2.75) is 13.8 Å². The van der Waals surface area contributed by atoms with Gasteiger partial charge >= 0.3 is 0 Å². The number of rotatable bonds is 3. The fourth-order valence-corrected chi connectivity index (χ4v) is 3.39. The molecular weight excluding hydrogens is 395 g/mol. The lowest BCUT2D eigenvalue weighted by molar-refractivity contribution is 0.102. The number of fused-ring (bicyclic) bond motifs is 1. The summed E-state index contributed by atoms with van der Waals surface area (Å²) < 4.78 is 5.96. The van der Waals surface area contributed by atoms with E-state index in [2.05, 4.69) is 10.3 Å². The molecule has 0 saturated carbocycles. The quantitative estimate of drug-likeness (QED) is 0.410. The molecular formula is C22H16Cl2N2O2. The number of carbonyl (C=O) groups excluding carboxylic acids is 1. The van der Waals surface area contributed by atoms with Crippen LogP contribution in [0.15, 0.2) is 59.0 Å². The van der Waals surface area contributed by atoms with Crippen LogP contribution in [0.1, 0.15) is 21.5 Å². The molecule has 4 nitrogen and oxygen atoms in total. The molecule has 4 aromatic rings. The number of oxazole rings is 1. The third kappa shape index (κ3) is 3.61. The predicted molar refractivity (Wildman–Crippen MR) is 113 cm³/mol. The summed E-state index contributed by atoms with van der Waals surface area (Å²) in [6.45, 7) is 4.00. The molecule has 1 N–H and O–H groups in total. The molecule has 4 rings (SSSR count). The van der Waals surface area contributed by atoms with Crippen molar-refractivity contribution < 1.29 is 9.21 Å². The molecule has 3 aromatic carbocycles. The number of aromatic nitrogens is 1. The third-order valence-electron chi connectivity index (χ3n) is 4.38. The van der Waals surface area contributed by atoms with E-state index in [4.69, 9.17) is 27.6 Å². The summed E-state index contributed by atoms with van der Waals surface area (Å²) in [5, 5.41) is 3.93. The number of carbonyl (C=O) groups is 1. The van der Waals surface area contributed by atoms with Crippen molar-refractivity contribution in [1.82, 2.24) is 4.98 Å². The molecule has 0 aliphatic heterocycles. The highest BCUT2D eigenvalue weighted by atomic mass is 35.5. The first-order valence-corrected chi connectivity index (χ1v) is 9.41. The maximum atomic E-state index is 12.5. The van der Waals surface area contributed by atoms with E-state index in [0.717, 1.165) is 22.2 Å². The van der Waals surface area contributed by atoms with Crippen LogP contribution in [0.3, 0.4) is 0 Å². The van der Waals surface area contributed by atoms with E-state index >= 15 is 0 Å². The molecule has 1 heterocycles. The first-order chi connectivity index (χ1) is 13.4. The van der Waals surface area contributed by atoms with Gasteiger partial charge in [-0.25, -0.2) is 4.98 Å². The number of aryl methyl sites for hydroxylation is 2. The Bertz CT molecular complexity index is 1200. The smallest absolute Gasteiger partial charge is 0.255 e. The second-order valence-corrected chi connectivity index (χ2v) is 7.45. The van der Waals surface area contributed by atoms with E-state index in [0.29, 0.717) is 32.8 Å². The van der Waals surface area contributed by atoms with Gasteiger partial charge in [0, 0.05) is 16.3 Å². The van der Waals surface area contributed by atoms with Gasteiger partial charge in [-0.05, 0) is 73.5 Å². The summed E-state index contributed by atoms with van der Waals surface area (Å²) >= 11 is 12.2. The molecule has 0 aliphatic rings. The van der Waals surface area contributed by atoms with Crippen molar-refractivity contribution in [1.29, 1.82) is 0 Å². The lowest BCUT2D eigenvalue weighted by atomic mass is 10.1. The molecule has 0 atom stereocenters. The predicted octanol–water partition coefficient (Wildman–Crippen LogP) is 6.67. The van der Waals surface area contributed by atoms with Crippen molar-refractivity contribution >= 4 is 45.9 Å². The van der Waals surface area contributed by atoms with Crippen LogP contribution in [-0.4, -0.2) is 10.9 Å². The highest BCUT2D eigenvalue weighted by molar-refractivity contribution is 6.33. The minimum absolute atomic E-state index is 0.242. The molecule has 6 heteroatoms. The number of hydrogen-bond acceptors (Lipinski definition) is 3. The molecule has 0 aliphatic carbocycles. The number of benzene rings is 3. The van der Waals surface area contributed by atoms with Gasteiger partial charge in [-0.2, -0.15) is 0 Å². The van der Waals surface area contributed by atoms with Crippen LogP contribution in [0.5, 0.6) is 0 Å². The molecule has 28 heavy (non-hydrogen) atoms. The number of amides is 1. The SMILES string of the molecule is Cc1cc(C)c2oc(-c3cc(NC(=O)c4ccc(Cl)cc4)ccc3Cl)nc2c1. The van der Waals surface area contributed by atoms with Gasteiger partial charge in [-0.1, -0.05) is 29.3 Å². The Morgan fingerprint density at radius 1 is 1.00 bits per heavy atom. The van der Waals surface area contributed by atoms with E-state index in [9.17, 15) is 4.79 Å². The number of nitrogens with one attached hydrogen (secondary N) is 1.